The number of ether oxygens (including phenoxy) is 3. The molecule has 21 heavy (non-hydrogen) atoms. The highest BCUT2D eigenvalue weighted by Gasteiger charge is 2.21. The highest BCUT2D eigenvalue weighted by molar-refractivity contribution is 6.20. The van der Waals surface area contributed by atoms with Crippen LogP contribution in [0.2, 0.25) is 0 Å². The molecule has 0 spiro atoms. The highest BCUT2D eigenvalue weighted by atomic mass is 35.5. The summed E-state index contributed by atoms with van der Waals surface area (Å²) in [5.74, 6) is 0.641. The van der Waals surface area contributed by atoms with E-state index in [0.717, 1.165) is 26.1 Å². The Balaban J connectivity index is 1.83. The molecule has 3 nitrogen and oxygen atoms in total. The van der Waals surface area contributed by atoms with E-state index in [-0.39, 0.29) is 0 Å². The molecule has 126 valence electrons. The quantitative estimate of drug-likeness (QED) is 0.303. The zero-order valence-corrected chi connectivity index (χ0v) is 14.4. The summed E-state index contributed by atoms with van der Waals surface area (Å²) in [5, 5.41) is 0.354. The van der Waals surface area contributed by atoms with E-state index in [4.69, 9.17) is 25.8 Å². The molecule has 0 N–H and O–H groups in total. The van der Waals surface area contributed by atoms with Gasteiger partial charge in [-0.25, -0.2) is 0 Å². The summed E-state index contributed by atoms with van der Waals surface area (Å²) in [5.41, 5.74) is 0. The van der Waals surface area contributed by atoms with Crippen LogP contribution in [0.1, 0.15) is 58.3 Å². The van der Waals surface area contributed by atoms with E-state index in [2.05, 4.69) is 6.92 Å². The molecule has 0 bridgehead atoms. The van der Waals surface area contributed by atoms with Crippen LogP contribution in [0.3, 0.4) is 0 Å². The van der Waals surface area contributed by atoms with Crippen LogP contribution >= 0.6 is 11.6 Å². The maximum absolute atomic E-state index is 6.43. The van der Waals surface area contributed by atoms with Gasteiger partial charge in [-0.1, -0.05) is 32.6 Å². The van der Waals surface area contributed by atoms with Gasteiger partial charge in [0.2, 0.25) is 0 Å². The van der Waals surface area contributed by atoms with Gasteiger partial charge in [0, 0.05) is 18.6 Å². The van der Waals surface area contributed by atoms with Crippen LogP contribution in [0.5, 0.6) is 0 Å². The molecule has 1 fully saturated rings. The number of alkyl halides is 1. The second kappa shape index (κ2) is 13.8. The van der Waals surface area contributed by atoms with Crippen molar-refractivity contribution in [1.29, 1.82) is 0 Å². The maximum atomic E-state index is 6.43. The smallest absolute Gasteiger partial charge is 0.0701 e. The fraction of sp³-hybridized carbons (Fsp3) is 1.00. The van der Waals surface area contributed by atoms with Crippen LogP contribution in [0.4, 0.5) is 0 Å². The monoisotopic (exact) mass is 320 g/mol. The van der Waals surface area contributed by atoms with Gasteiger partial charge in [-0.3, -0.25) is 0 Å². The van der Waals surface area contributed by atoms with Crippen LogP contribution in [-0.4, -0.2) is 45.0 Å². The SMILES string of the molecule is CCCCOCCOCCOCCC1CCCCCC1Cl. The lowest BCUT2D eigenvalue weighted by Gasteiger charge is -2.19. The Morgan fingerprint density at radius 2 is 1.43 bits per heavy atom. The molecular weight excluding hydrogens is 288 g/mol. The third kappa shape index (κ3) is 10.5. The minimum atomic E-state index is 0.354. The molecular formula is C17H33ClO3. The van der Waals surface area contributed by atoms with Gasteiger partial charge in [-0.15, -0.1) is 11.6 Å². The van der Waals surface area contributed by atoms with Gasteiger partial charge in [-0.05, 0) is 31.6 Å². The Hall–Kier alpha value is 0.170. The van der Waals surface area contributed by atoms with Gasteiger partial charge in [0.05, 0.1) is 26.4 Å². The van der Waals surface area contributed by atoms with Crippen molar-refractivity contribution in [1.82, 2.24) is 0 Å². The zero-order chi connectivity index (χ0) is 15.2. The molecule has 0 radical (unpaired) electrons. The van der Waals surface area contributed by atoms with E-state index in [1.165, 1.54) is 38.5 Å². The fourth-order valence-corrected chi connectivity index (χ4v) is 3.09. The molecule has 2 unspecified atom stereocenters. The topological polar surface area (TPSA) is 27.7 Å². The Kier molecular flexibility index (Phi) is 12.6. The van der Waals surface area contributed by atoms with E-state index >= 15 is 0 Å². The van der Waals surface area contributed by atoms with Gasteiger partial charge >= 0.3 is 0 Å². The molecule has 0 amide bonds. The van der Waals surface area contributed by atoms with Crippen molar-refractivity contribution in [2.45, 2.75) is 63.7 Å². The Morgan fingerprint density at radius 1 is 0.810 bits per heavy atom. The van der Waals surface area contributed by atoms with Crippen molar-refractivity contribution in [3.8, 4) is 0 Å². The number of hydrogen-bond donors (Lipinski definition) is 0. The van der Waals surface area contributed by atoms with Gasteiger partial charge < -0.3 is 14.2 Å². The lowest BCUT2D eigenvalue weighted by Crippen LogP contribution is -2.17. The molecule has 0 aromatic heterocycles. The highest BCUT2D eigenvalue weighted by Crippen LogP contribution is 2.29. The van der Waals surface area contributed by atoms with E-state index in [1.807, 2.05) is 0 Å². The molecule has 2 atom stereocenters. The van der Waals surface area contributed by atoms with Crippen molar-refractivity contribution < 1.29 is 14.2 Å². The molecule has 0 aromatic carbocycles. The number of hydrogen-bond acceptors (Lipinski definition) is 3. The summed E-state index contributed by atoms with van der Waals surface area (Å²) in [7, 11) is 0. The average molecular weight is 321 g/mol. The van der Waals surface area contributed by atoms with E-state index in [0.29, 0.717) is 37.7 Å². The third-order valence-electron chi connectivity index (χ3n) is 4.09. The van der Waals surface area contributed by atoms with Gasteiger partial charge in [0.1, 0.15) is 0 Å². The summed E-state index contributed by atoms with van der Waals surface area (Å²) in [4.78, 5) is 0. The molecule has 1 aliphatic rings. The average Bonchev–Trinajstić information content (AvgIpc) is 2.69. The Bertz CT molecular complexity index is 226. The first-order valence-electron chi connectivity index (χ1n) is 8.72. The summed E-state index contributed by atoms with van der Waals surface area (Å²) < 4.78 is 16.5. The second-order valence-corrected chi connectivity index (χ2v) is 6.45. The van der Waals surface area contributed by atoms with Crippen molar-refractivity contribution in [2.75, 3.05) is 39.6 Å². The van der Waals surface area contributed by atoms with Crippen molar-refractivity contribution >= 4 is 11.6 Å². The molecule has 1 aliphatic carbocycles. The number of rotatable bonds is 12. The molecule has 0 aliphatic heterocycles. The van der Waals surface area contributed by atoms with Crippen LogP contribution in [0, 0.1) is 5.92 Å². The fourth-order valence-electron chi connectivity index (χ4n) is 2.69. The van der Waals surface area contributed by atoms with Gasteiger partial charge in [-0.2, -0.15) is 0 Å². The second-order valence-electron chi connectivity index (χ2n) is 5.89. The predicted octanol–water partition coefficient (Wildman–Crippen LogP) is 4.41. The van der Waals surface area contributed by atoms with Gasteiger partial charge in [0.25, 0.3) is 0 Å². The zero-order valence-electron chi connectivity index (χ0n) is 13.7. The Morgan fingerprint density at radius 3 is 2.14 bits per heavy atom. The summed E-state index contributed by atoms with van der Waals surface area (Å²) in [6.45, 7) is 6.51. The van der Waals surface area contributed by atoms with Crippen LogP contribution in [0.15, 0.2) is 0 Å². The third-order valence-corrected chi connectivity index (χ3v) is 4.66. The van der Waals surface area contributed by atoms with Crippen molar-refractivity contribution in [2.24, 2.45) is 5.92 Å². The largest absolute Gasteiger partial charge is 0.379 e. The molecule has 0 saturated heterocycles. The predicted molar refractivity (Wildman–Crippen MR) is 88.2 cm³/mol. The molecule has 1 rings (SSSR count). The first kappa shape index (κ1) is 19.2. The number of unbranched alkanes of at least 4 members (excludes halogenated alkanes) is 1. The van der Waals surface area contributed by atoms with Crippen molar-refractivity contribution in [3.63, 3.8) is 0 Å². The first-order chi connectivity index (χ1) is 10.3. The summed E-state index contributed by atoms with van der Waals surface area (Å²) >= 11 is 6.43. The summed E-state index contributed by atoms with van der Waals surface area (Å²) in [6, 6.07) is 0. The van der Waals surface area contributed by atoms with Gasteiger partial charge in [0.15, 0.2) is 0 Å². The normalized spacial score (nSPS) is 23.1. The van der Waals surface area contributed by atoms with E-state index in [9.17, 15) is 0 Å². The maximum Gasteiger partial charge on any atom is 0.0701 e. The minimum absolute atomic E-state index is 0.354. The molecule has 4 heteroatoms. The van der Waals surface area contributed by atoms with E-state index in [1.54, 1.807) is 0 Å². The molecule has 0 aromatic rings. The molecule has 0 heterocycles. The van der Waals surface area contributed by atoms with E-state index < -0.39 is 0 Å². The number of halogens is 1. The lowest BCUT2D eigenvalue weighted by molar-refractivity contribution is 0.0116. The van der Waals surface area contributed by atoms with Crippen LogP contribution in [-0.2, 0) is 14.2 Å². The van der Waals surface area contributed by atoms with Crippen molar-refractivity contribution in [3.05, 3.63) is 0 Å². The van der Waals surface area contributed by atoms with Crippen LogP contribution < -0.4 is 0 Å². The lowest BCUT2D eigenvalue weighted by atomic mass is 9.97. The van der Waals surface area contributed by atoms with Crippen LogP contribution in [0.25, 0.3) is 0 Å². The first-order valence-corrected chi connectivity index (χ1v) is 9.15. The Labute approximate surface area is 135 Å². The minimum Gasteiger partial charge on any atom is -0.379 e. The summed E-state index contributed by atoms with van der Waals surface area (Å²) in [6.07, 6.45) is 9.80. The standard InChI is InChI=1S/C17H33ClO3/c1-2-3-10-19-12-14-21-15-13-20-11-9-16-7-5-4-6-8-17(16)18/h16-17H,2-15H2,1H3. The molecule has 1 saturated carbocycles.